The van der Waals surface area contributed by atoms with Gasteiger partial charge in [-0.15, -0.1) is 0 Å². The number of phenols is 1. The third-order valence-electron chi connectivity index (χ3n) is 7.05. The van der Waals surface area contributed by atoms with Crippen molar-refractivity contribution < 1.29 is 29.0 Å². The smallest absolute Gasteiger partial charge is 0.339 e. The zero-order chi connectivity index (χ0) is 26.3. The molecule has 4 aromatic rings. The summed E-state index contributed by atoms with van der Waals surface area (Å²) in [6.45, 7) is 3.30. The number of hydrogen-bond acceptors (Lipinski definition) is 6. The van der Waals surface area contributed by atoms with Crippen molar-refractivity contribution in [2.45, 2.75) is 58.1 Å². The number of aliphatic carboxylic acids is 1. The second-order valence-electron chi connectivity index (χ2n) is 9.53. The fourth-order valence-electron chi connectivity index (χ4n) is 5.04. The number of phenolic OH excluding ortho intramolecular Hbond substituents is 1. The molecule has 2 atom stereocenters. The van der Waals surface area contributed by atoms with Gasteiger partial charge in [0, 0.05) is 40.0 Å². The maximum absolute atomic E-state index is 12.9. The number of fused-ring (bicyclic) bond motifs is 4. The third-order valence-corrected chi connectivity index (χ3v) is 7.05. The predicted molar refractivity (Wildman–Crippen MR) is 137 cm³/mol. The highest BCUT2D eigenvalue weighted by Crippen LogP contribution is 2.33. The van der Waals surface area contributed by atoms with Gasteiger partial charge in [0.25, 0.3) is 5.91 Å². The minimum Gasteiger partial charge on any atom is -0.508 e. The number of hydrogen-bond donors (Lipinski definition) is 4. The Morgan fingerprint density at radius 2 is 1.89 bits per heavy atom. The molecule has 37 heavy (non-hydrogen) atoms. The quantitative estimate of drug-likeness (QED) is 0.281. The van der Waals surface area contributed by atoms with E-state index in [1.54, 1.807) is 31.3 Å². The summed E-state index contributed by atoms with van der Waals surface area (Å²) in [6.07, 6.45) is 4.20. The summed E-state index contributed by atoms with van der Waals surface area (Å²) >= 11 is 0. The van der Waals surface area contributed by atoms with Gasteiger partial charge in [-0.05, 0) is 81.0 Å². The molecule has 1 aliphatic carbocycles. The molecule has 1 amide bonds. The highest BCUT2D eigenvalue weighted by Gasteiger charge is 2.26. The van der Waals surface area contributed by atoms with Crippen LogP contribution in [0.25, 0.3) is 21.9 Å². The molecule has 4 N–H and O–H groups in total. The van der Waals surface area contributed by atoms with Crippen molar-refractivity contribution in [1.29, 1.82) is 0 Å². The number of carboxylic acid groups (broad SMARTS) is 1. The lowest BCUT2D eigenvalue weighted by atomic mass is 9.90. The summed E-state index contributed by atoms with van der Waals surface area (Å²) in [6, 6.07) is 7.17. The summed E-state index contributed by atoms with van der Waals surface area (Å²) in [5.41, 5.74) is 3.88. The lowest BCUT2D eigenvalue weighted by Gasteiger charge is -2.21. The van der Waals surface area contributed by atoms with Gasteiger partial charge in [-0.25, -0.2) is 9.59 Å². The maximum atomic E-state index is 12.9. The molecule has 0 radical (unpaired) electrons. The number of carbonyl (C=O) groups excluding carboxylic acids is 1. The van der Waals surface area contributed by atoms with E-state index < -0.39 is 24.0 Å². The van der Waals surface area contributed by atoms with E-state index in [4.69, 9.17) is 9.15 Å². The molecule has 0 saturated heterocycles. The van der Waals surface area contributed by atoms with Gasteiger partial charge in [0.2, 0.25) is 0 Å². The molecule has 0 bridgehead atoms. The van der Waals surface area contributed by atoms with Gasteiger partial charge in [0.05, 0.1) is 0 Å². The van der Waals surface area contributed by atoms with Gasteiger partial charge in [-0.3, -0.25) is 4.79 Å². The van der Waals surface area contributed by atoms with Crippen LogP contribution >= 0.6 is 0 Å². The summed E-state index contributed by atoms with van der Waals surface area (Å²) < 4.78 is 11.5. The van der Waals surface area contributed by atoms with Crippen LogP contribution < -0.4 is 15.7 Å². The summed E-state index contributed by atoms with van der Waals surface area (Å²) in [4.78, 5) is 40.4. The van der Waals surface area contributed by atoms with Crippen LogP contribution in [0.5, 0.6) is 11.5 Å². The zero-order valence-electron chi connectivity index (χ0n) is 20.6. The first kappa shape index (κ1) is 24.4. The van der Waals surface area contributed by atoms with Crippen molar-refractivity contribution in [3.63, 3.8) is 0 Å². The standard InChI is InChI=1S/C28H28N2O7/c1-14-24(10-8-19-18-5-3-4-6-20(18)28(35)37-25(14)19)36-15(2)26(32)30-23(27(33)34)11-16-13-29-22-9-7-17(31)12-21(16)22/h7-10,12-13,15,23,29,31H,3-6,11H2,1-2H3,(H,30,32)(H,33,34)/t15-,23+/m1/s1. The lowest BCUT2D eigenvalue weighted by molar-refractivity contribution is -0.142. The lowest BCUT2D eigenvalue weighted by Crippen LogP contribution is -2.47. The normalized spacial score (nSPS) is 14.8. The van der Waals surface area contributed by atoms with Crippen LogP contribution in [0.2, 0.25) is 0 Å². The summed E-state index contributed by atoms with van der Waals surface area (Å²) in [5, 5.41) is 23.7. The Balaban J connectivity index is 1.34. The Morgan fingerprint density at radius 3 is 2.65 bits per heavy atom. The van der Waals surface area contributed by atoms with Crippen molar-refractivity contribution in [2.75, 3.05) is 0 Å². The monoisotopic (exact) mass is 504 g/mol. The van der Waals surface area contributed by atoms with E-state index in [0.717, 1.165) is 41.3 Å². The fourth-order valence-corrected chi connectivity index (χ4v) is 5.04. The van der Waals surface area contributed by atoms with Gasteiger partial charge in [0.1, 0.15) is 23.1 Å². The number of ether oxygens (including phenoxy) is 1. The van der Waals surface area contributed by atoms with E-state index in [2.05, 4.69) is 10.3 Å². The van der Waals surface area contributed by atoms with E-state index >= 15 is 0 Å². The molecule has 2 aromatic carbocycles. The molecule has 2 heterocycles. The first-order valence-electron chi connectivity index (χ1n) is 12.3. The third kappa shape index (κ3) is 4.64. The molecule has 5 rings (SSSR count). The molecule has 9 heteroatoms. The average Bonchev–Trinajstić information content (AvgIpc) is 3.27. The zero-order valence-corrected chi connectivity index (χ0v) is 20.6. The summed E-state index contributed by atoms with van der Waals surface area (Å²) in [5.74, 6) is -1.34. The molecule has 0 saturated carbocycles. The van der Waals surface area contributed by atoms with Crippen molar-refractivity contribution in [3.05, 3.63) is 69.2 Å². The number of nitrogens with one attached hydrogen (secondary N) is 2. The van der Waals surface area contributed by atoms with E-state index in [1.807, 2.05) is 6.07 Å². The van der Waals surface area contributed by atoms with Crippen molar-refractivity contribution in [3.8, 4) is 11.5 Å². The highest BCUT2D eigenvalue weighted by atomic mass is 16.5. The van der Waals surface area contributed by atoms with Crippen LogP contribution in [-0.2, 0) is 28.9 Å². The predicted octanol–water partition coefficient (Wildman–Crippen LogP) is 3.75. The first-order valence-corrected chi connectivity index (χ1v) is 12.3. The van der Waals surface area contributed by atoms with Gasteiger partial charge in [-0.1, -0.05) is 0 Å². The Bertz CT molecular complexity index is 1580. The number of carbonyl (C=O) groups is 2. The van der Waals surface area contributed by atoms with Crippen LogP contribution in [-0.4, -0.2) is 39.2 Å². The Labute approximate surface area is 212 Å². The van der Waals surface area contributed by atoms with Gasteiger partial charge in [-0.2, -0.15) is 0 Å². The number of aromatic amines is 1. The number of amides is 1. The van der Waals surface area contributed by atoms with Gasteiger partial charge >= 0.3 is 11.6 Å². The Morgan fingerprint density at radius 1 is 1.14 bits per heavy atom. The molecular formula is C28H28N2O7. The molecule has 0 unspecified atom stereocenters. The molecule has 0 fully saturated rings. The van der Waals surface area contributed by atoms with Crippen LogP contribution in [0.3, 0.4) is 0 Å². The molecular weight excluding hydrogens is 476 g/mol. The number of carboxylic acids is 1. The number of rotatable bonds is 7. The Hall–Kier alpha value is -4.27. The molecule has 9 nitrogen and oxygen atoms in total. The SMILES string of the molecule is Cc1c(O[C@H](C)C(=O)N[C@@H](Cc2c[nH]c3ccc(O)cc23)C(=O)O)ccc2c3c(c(=O)oc12)CCCC3. The average molecular weight is 505 g/mol. The first-order chi connectivity index (χ1) is 17.7. The number of aryl methyl sites for hydroxylation is 2. The minimum atomic E-state index is -1.21. The topological polar surface area (TPSA) is 142 Å². The van der Waals surface area contributed by atoms with Gasteiger partial charge < -0.3 is 29.7 Å². The number of aromatic hydroxyl groups is 1. The van der Waals surface area contributed by atoms with Crippen LogP contribution in [0.15, 0.2) is 45.7 Å². The molecule has 2 aromatic heterocycles. The number of H-pyrrole nitrogens is 1. The largest absolute Gasteiger partial charge is 0.508 e. The van der Waals surface area contributed by atoms with Crippen LogP contribution in [0.1, 0.15) is 42.0 Å². The highest BCUT2D eigenvalue weighted by molar-refractivity contribution is 5.89. The van der Waals surface area contributed by atoms with Crippen LogP contribution in [0.4, 0.5) is 0 Å². The van der Waals surface area contributed by atoms with E-state index in [0.29, 0.717) is 34.3 Å². The molecule has 0 spiro atoms. The molecule has 1 aliphatic rings. The van der Waals surface area contributed by atoms with Crippen LogP contribution in [0, 0.1) is 6.92 Å². The van der Waals surface area contributed by atoms with E-state index in [1.165, 1.54) is 13.0 Å². The van der Waals surface area contributed by atoms with Crippen molar-refractivity contribution in [2.24, 2.45) is 0 Å². The fraction of sp³-hybridized carbons (Fsp3) is 0.321. The number of aromatic nitrogens is 1. The molecule has 0 aliphatic heterocycles. The minimum absolute atomic E-state index is 0.0164. The van der Waals surface area contributed by atoms with Crippen molar-refractivity contribution >= 4 is 33.7 Å². The maximum Gasteiger partial charge on any atom is 0.339 e. The second kappa shape index (κ2) is 9.65. The summed E-state index contributed by atoms with van der Waals surface area (Å²) in [7, 11) is 0. The van der Waals surface area contributed by atoms with E-state index in [-0.39, 0.29) is 17.8 Å². The van der Waals surface area contributed by atoms with Gasteiger partial charge in [0.15, 0.2) is 6.10 Å². The number of benzene rings is 2. The Kier molecular flexibility index (Phi) is 6.37. The molecule has 192 valence electrons. The van der Waals surface area contributed by atoms with E-state index in [9.17, 15) is 24.6 Å². The second-order valence-corrected chi connectivity index (χ2v) is 9.53. The van der Waals surface area contributed by atoms with Crippen molar-refractivity contribution in [1.82, 2.24) is 10.3 Å².